The molecule has 0 aliphatic rings. The molecular weight excluding hydrogens is 338 g/mol. The Bertz CT molecular complexity index is 1060. The summed E-state index contributed by atoms with van der Waals surface area (Å²) in [6.07, 6.45) is 1.55. The van der Waals surface area contributed by atoms with Crippen LogP contribution < -0.4 is 5.32 Å². The number of fused-ring (bicyclic) bond motifs is 1. The summed E-state index contributed by atoms with van der Waals surface area (Å²) in [4.78, 5) is 12.2. The molecule has 2 aromatic carbocycles. The van der Waals surface area contributed by atoms with E-state index in [4.69, 9.17) is 11.6 Å². The molecule has 0 aliphatic heterocycles. The molecule has 6 nitrogen and oxygen atoms in total. The molecule has 0 saturated heterocycles. The van der Waals surface area contributed by atoms with Crippen molar-refractivity contribution in [1.29, 1.82) is 0 Å². The standard InChI is InChI=1S/C18H12ClN5O/c19-14-3-1-2-13(10-14)18(25)21-15-6-4-12(5-7-15)16-8-9-17-22-20-11-24(17)23-16/h1-11H,(H,21,25). The first-order valence-corrected chi connectivity index (χ1v) is 7.91. The zero-order valence-electron chi connectivity index (χ0n) is 12.9. The predicted octanol–water partition coefficient (Wildman–Crippen LogP) is 3.70. The summed E-state index contributed by atoms with van der Waals surface area (Å²) < 4.78 is 1.62. The summed E-state index contributed by atoms with van der Waals surface area (Å²) in [5, 5.41) is 15.6. The van der Waals surface area contributed by atoms with E-state index in [2.05, 4.69) is 20.6 Å². The van der Waals surface area contributed by atoms with Gasteiger partial charge in [0.2, 0.25) is 0 Å². The molecule has 7 heteroatoms. The minimum absolute atomic E-state index is 0.209. The van der Waals surface area contributed by atoms with Crippen molar-refractivity contribution in [2.24, 2.45) is 0 Å². The Morgan fingerprint density at radius 1 is 1.04 bits per heavy atom. The monoisotopic (exact) mass is 349 g/mol. The van der Waals surface area contributed by atoms with Crippen molar-refractivity contribution in [1.82, 2.24) is 19.8 Å². The van der Waals surface area contributed by atoms with Crippen molar-refractivity contribution >= 4 is 28.8 Å². The van der Waals surface area contributed by atoms with Gasteiger partial charge in [-0.25, -0.2) is 0 Å². The van der Waals surface area contributed by atoms with E-state index in [1.807, 2.05) is 36.4 Å². The largest absolute Gasteiger partial charge is 0.322 e. The van der Waals surface area contributed by atoms with Gasteiger partial charge in [0.15, 0.2) is 5.65 Å². The van der Waals surface area contributed by atoms with E-state index in [9.17, 15) is 4.79 Å². The quantitative estimate of drug-likeness (QED) is 0.612. The van der Waals surface area contributed by atoms with E-state index in [0.29, 0.717) is 21.9 Å². The van der Waals surface area contributed by atoms with Crippen LogP contribution in [0.5, 0.6) is 0 Å². The lowest BCUT2D eigenvalue weighted by atomic mass is 10.1. The van der Waals surface area contributed by atoms with Crippen molar-refractivity contribution in [2.45, 2.75) is 0 Å². The van der Waals surface area contributed by atoms with Crippen LogP contribution in [0.3, 0.4) is 0 Å². The predicted molar refractivity (Wildman–Crippen MR) is 95.6 cm³/mol. The Morgan fingerprint density at radius 3 is 2.68 bits per heavy atom. The van der Waals surface area contributed by atoms with Gasteiger partial charge in [-0.15, -0.1) is 10.2 Å². The average Bonchev–Trinajstić information content (AvgIpc) is 3.10. The van der Waals surface area contributed by atoms with Gasteiger partial charge in [0.05, 0.1) is 5.69 Å². The molecule has 1 N–H and O–H groups in total. The van der Waals surface area contributed by atoms with Crippen LogP contribution >= 0.6 is 11.6 Å². The molecular formula is C18H12ClN5O. The maximum Gasteiger partial charge on any atom is 0.255 e. The van der Waals surface area contributed by atoms with Crippen LogP contribution in [0.2, 0.25) is 5.02 Å². The molecule has 0 bridgehead atoms. The van der Waals surface area contributed by atoms with E-state index >= 15 is 0 Å². The lowest BCUT2D eigenvalue weighted by Crippen LogP contribution is -2.11. The second kappa shape index (κ2) is 6.33. The molecule has 0 spiro atoms. The third-order valence-corrected chi connectivity index (χ3v) is 3.92. The fourth-order valence-corrected chi connectivity index (χ4v) is 2.63. The number of rotatable bonds is 3. The first kappa shape index (κ1) is 15.3. The average molecular weight is 350 g/mol. The van der Waals surface area contributed by atoms with Crippen molar-refractivity contribution in [3.05, 3.63) is 77.6 Å². The lowest BCUT2D eigenvalue weighted by molar-refractivity contribution is 0.102. The first-order valence-electron chi connectivity index (χ1n) is 7.53. The summed E-state index contributed by atoms with van der Waals surface area (Å²) in [5.74, 6) is -0.209. The Labute approximate surface area is 148 Å². The number of hydrogen-bond donors (Lipinski definition) is 1. The van der Waals surface area contributed by atoms with Crippen LogP contribution in [-0.2, 0) is 0 Å². The van der Waals surface area contributed by atoms with Gasteiger partial charge in [-0.05, 0) is 42.5 Å². The summed E-state index contributed by atoms with van der Waals surface area (Å²) in [6, 6.07) is 18.0. The number of nitrogens with one attached hydrogen (secondary N) is 1. The van der Waals surface area contributed by atoms with Crippen LogP contribution in [0.1, 0.15) is 10.4 Å². The zero-order chi connectivity index (χ0) is 17.2. The number of hydrogen-bond acceptors (Lipinski definition) is 4. The van der Waals surface area contributed by atoms with E-state index in [-0.39, 0.29) is 5.91 Å². The topological polar surface area (TPSA) is 72.2 Å². The minimum Gasteiger partial charge on any atom is -0.322 e. The number of amides is 1. The van der Waals surface area contributed by atoms with Gasteiger partial charge in [-0.2, -0.15) is 9.61 Å². The maximum absolute atomic E-state index is 12.2. The normalized spacial score (nSPS) is 10.8. The minimum atomic E-state index is -0.209. The summed E-state index contributed by atoms with van der Waals surface area (Å²) in [5.41, 5.74) is 3.61. The number of carbonyl (C=O) groups is 1. The van der Waals surface area contributed by atoms with Gasteiger partial charge in [0, 0.05) is 21.8 Å². The molecule has 122 valence electrons. The number of benzene rings is 2. The molecule has 0 saturated carbocycles. The Morgan fingerprint density at radius 2 is 1.88 bits per heavy atom. The number of nitrogens with zero attached hydrogens (tertiary/aromatic N) is 4. The molecule has 2 aromatic heterocycles. The second-order valence-corrected chi connectivity index (χ2v) is 5.83. The number of anilines is 1. The van der Waals surface area contributed by atoms with E-state index < -0.39 is 0 Å². The molecule has 4 rings (SSSR count). The highest BCUT2D eigenvalue weighted by Gasteiger charge is 2.07. The molecule has 1 amide bonds. The molecule has 0 aliphatic carbocycles. The van der Waals surface area contributed by atoms with Crippen molar-refractivity contribution < 1.29 is 4.79 Å². The third kappa shape index (κ3) is 3.20. The Hall–Kier alpha value is -3.25. The molecule has 0 unspecified atom stereocenters. The Balaban J connectivity index is 1.54. The van der Waals surface area contributed by atoms with Crippen LogP contribution in [0.4, 0.5) is 5.69 Å². The zero-order valence-corrected chi connectivity index (χ0v) is 13.7. The summed E-state index contributed by atoms with van der Waals surface area (Å²) in [7, 11) is 0. The first-order chi connectivity index (χ1) is 12.2. The van der Waals surface area contributed by atoms with Gasteiger partial charge in [-0.3, -0.25) is 4.79 Å². The highest BCUT2D eigenvalue weighted by molar-refractivity contribution is 6.31. The number of halogens is 1. The summed E-state index contributed by atoms with van der Waals surface area (Å²) >= 11 is 5.92. The second-order valence-electron chi connectivity index (χ2n) is 5.39. The van der Waals surface area contributed by atoms with Gasteiger partial charge >= 0.3 is 0 Å². The fourth-order valence-electron chi connectivity index (χ4n) is 2.44. The molecule has 25 heavy (non-hydrogen) atoms. The van der Waals surface area contributed by atoms with Crippen LogP contribution in [0.15, 0.2) is 67.0 Å². The van der Waals surface area contributed by atoms with Gasteiger partial charge in [0.25, 0.3) is 5.91 Å². The van der Waals surface area contributed by atoms with Gasteiger partial charge in [-0.1, -0.05) is 29.8 Å². The molecule has 0 fully saturated rings. The van der Waals surface area contributed by atoms with Crippen LogP contribution in [0.25, 0.3) is 16.9 Å². The maximum atomic E-state index is 12.2. The molecule has 4 aromatic rings. The Kier molecular flexibility index (Phi) is 3.87. The number of aromatic nitrogens is 4. The van der Waals surface area contributed by atoms with E-state index in [0.717, 1.165) is 11.3 Å². The van der Waals surface area contributed by atoms with Gasteiger partial charge in [0.1, 0.15) is 6.33 Å². The molecule has 0 radical (unpaired) electrons. The van der Waals surface area contributed by atoms with E-state index in [1.54, 1.807) is 35.1 Å². The molecule has 2 heterocycles. The SMILES string of the molecule is O=C(Nc1ccc(-c2ccc3nncn3n2)cc1)c1cccc(Cl)c1. The highest BCUT2D eigenvalue weighted by atomic mass is 35.5. The van der Waals surface area contributed by atoms with Crippen molar-refractivity contribution in [3.8, 4) is 11.3 Å². The van der Waals surface area contributed by atoms with Crippen LogP contribution in [-0.4, -0.2) is 25.7 Å². The smallest absolute Gasteiger partial charge is 0.255 e. The van der Waals surface area contributed by atoms with E-state index in [1.165, 1.54) is 0 Å². The summed E-state index contributed by atoms with van der Waals surface area (Å²) in [6.45, 7) is 0. The highest BCUT2D eigenvalue weighted by Crippen LogP contribution is 2.20. The van der Waals surface area contributed by atoms with Crippen LogP contribution in [0, 0.1) is 0 Å². The molecule has 0 atom stereocenters. The van der Waals surface area contributed by atoms with Gasteiger partial charge < -0.3 is 5.32 Å². The van der Waals surface area contributed by atoms with Crippen molar-refractivity contribution in [2.75, 3.05) is 5.32 Å². The fraction of sp³-hybridized carbons (Fsp3) is 0. The number of carbonyl (C=O) groups excluding carboxylic acids is 1. The lowest BCUT2D eigenvalue weighted by Gasteiger charge is -2.07. The third-order valence-electron chi connectivity index (χ3n) is 3.69. The van der Waals surface area contributed by atoms with Crippen molar-refractivity contribution in [3.63, 3.8) is 0 Å².